The molecule has 0 saturated heterocycles. The van der Waals surface area contributed by atoms with Crippen LogP contribution in [0.4, 0.5) is 0 Å². The predicted molar refractivity (Wildman–Crippen MR) is 70.7 cm³/mol. The Hall–Kier alpha value is -1.88. The lowest BCUT2D eigenvalue weighted by atomic mass is 10.0. The molecule has 104 valence electrons. The SMILES string of the molecule is COC(C)(C)CC(=O)N[C@H](C(=O)O)c1ccccc1. The third-order valence-corrected chi connectivity index (χ3v) is 2.82. The van der Waals surface area contributed by atoms with Gasteiger partial charge in [0.05, 0.1) is 12.0 Å². The third kappa shape index (κ3) is 4.71. The second-order valence-corrected chi connectivity index (χ2v) is 4.89. The average Bonchev–Trinajstić information content (AvgIpc) is 2.36. The van der Waals surface area contributed by atoms with Crippen molar-refractivity contribution in [2.24, 2.45) is 0 Å². The molecule has 0 heterocycles. The second-order valence-electron chi connectivity index (χ2n) is 4.89. The van der Waals surface area contributed by atoms with E-state index in [1.54, 1.807) is 44.2 Å². The highest BCUT2D eigenvalue weighted by molar-refractivity contribution is 5.85. The topological polar surface area (TPSA) is 75.6 Å². The first-order valence-electron chi connectivity index (χ1n) is 5.98. The van der Waals surface area contributed by atoms with E-state index in [0.29, 0.717) is 5.56 Å². The average molecular weight is 265 g/mol. The highest BCUT2D eigenvalue weighted by Gasteiger charge is 2.26. The molecule has 0 aromatic heterocycles. The molecule has 0 spiro atoms. The summed E-state index contributed by atoms with van der Waals surface area (Å²) in [6.45, 7) is 3.54. The van der Waals surface area contributed by atoms with Crippen LogP contribution in [0.2, 0.25) is 0 Å². The van der Waals surface area contributed by atoms with Crippen LogP contribution < -0.4 is 5.32 Å². The van der Waals surface area contributed by atoms with Gasteiger partial charge in [0.15, 0.2) is 6.04 Å². The minimum absolute atomic E-state index is 0.0973. The Morgan fingerprint density at radius 1 is 1.32 bits per heavy atom. The Bertz CT molecular complexity index is 442. The maximum atomic E-state index is 11.9. The Morgan fingerprint density at radius 3 is 2.37 bits per heavy atom. The molecule has 19 heavy (non-hydrogen) atoms. The van der Waals surface area contributed by atoms with Crippen molar-refractivity contribution in [2.75, 3.05) is 7.11 Å². The van der Waals surface area contributed by atoms with Gasteiger partial charge in [-0.3, -0.25) is 4.79 Å². The van der Waals surface area contributed by atoms with Gasteiger partial charge in [-0.2, -0.15) is 0 Å². The van der Waals surface area contributed by atoms with Gasteiger partial charge in [-0.25, -0.2) is 4.79 Å². The number of rotatable bonds is 6. The summed E-state index contributed by atoms with van der Waals surface area (Å²) in [6, 6.07) is 7.55. The lowest BCUT2D eigenvalue weighted by Crippen LogP contribution is -2.38. The Labute approximate surface area is 112 Å². The molecule has 1 atom stereocenters. The molecule has 0 aliphatic heterocycles. The summed E-state index contributed by atoms with van der Waals surface area (Å²) in [5.74, 6) is -1.45. The first kappa shape index (κ1) is 15.2. The van der Waals surface area contributed by atoms with Crippen LogP contribution in [0.15, 0.2) is 30.3 Å². The van der Waals surface area contributed by atoms with Crippen molar-refractivity contribution >= 4 is 11.9 Å². The van der Waals surface area contributed by atoms with Gasteiger partial charge in [0.2, 0.25) is 5.91 Å². The Morgan fingerprint density at radius 2 is 1.89 bits per heavy atom. The molecule has 0 radical (unpaired) electrons. The number of benzene rings is 1. The number of carboxylic acid groups (broad SMARTS) is 1. The molecular formula is C14H19NO4. The van der Waals surface area contributed by atoms with Crippen molar-refractivity contribution in [3.05, 3.63) is 35.9 Å². The van der Waals surface area contributed by atoms with E-state index < -0.39 is 17.6 Å². The summed E-state index contributed by atoms with van der Waals surface area (Å²) in [6.07, 6.45) is 0.0973. The Kier molecular flexibility index (Phi) is 5.06. The van der Waals surface area contributed by atoms with E-state index in [9.17, 15) is 14.7 Å². The quantitative estimate of drug-likeness (QED) is 0.821. The van der Waals surface area contributed by atoms with Crippen molar-refractivity contribution in [1.29, 1.82) is 0 Å². The number of carboxylic acids is 1. The number of nitrogens with one attached hydrogen (secondary N) is 1. The van der Waals surface area contributed by atoms with Gasteiger partial charge in [0.1, 0.15) is 0 Å². The normalized spacial score (nSPS) is 12.8. The number of methoxy groups -OCH3 is 1. The molecule has 1 aromatic carbocycles. The fraction of sp³-hybridized carbons (Fsp3) is 0.429. The van der Waals surface area contributed by atoms with Crippen LogP contribution in [0.25, 0.3) is 0 Å². The standard InChI is InChI=1S/C14H19NO4/c1-14(2,19-3)9-11(16)15-12(13(17)18)10-7-5-4-6-8-10/h4-8,12H,9H2,1-3H3,(H,15,16)(H,17,18)/t12-/m0/s1. The van der Waals surface area contributed by atoms with Crippen molar-refractivity contribution < 1.29 is 19.4 Å². The summed E-state index contributed by atoms with van der Waals surface area (Å²) in [5.41, 5.74) is -0.0809. The molecule has 2 N–H and O–H groups in total. The van der Waals surface area contributed by atoms with Gasteiger partial charge in [0, 0.05) is 7.11 Å². The molecule has 1 amide bonds. The Balaban J connectivity index is 2.76. The summed E-state index contributed by atoms with van der Waals surface area (Å²) in [7, 11) is 1.51. The number of carbonyl (C=O) groups is 2. The molecule has 1 aromatic rings. The number of hydrogen-bond acceptors (Lipinski definition) is 3. The van der Waals surface area contributed by atoms with Crippen molar-refractivity contribution in [1.82, 2.24) is 5.32 Å². The molecule has 1 rings (SSSR count). The third-order valence-electron chi connectivity index (χ3n) is 2.82. The van der Waals surface area contributed by atoms with Crippen molar-refractivity contribution in [3.8, 4) is 0 Å². The fourth-order valence-electron chi connectivity index (χ4n) is 1.60. The highest BCUT2D eigenvalue weighted by Crippen LogP contribution is 2.16. The van der Waals surface area contributed by atoms with E-state index in [-0.39, 0.29) is 12.3 Å². The minimum Gasteiger partial charge on any atom is -0.479 e. The van der Waals surface area contributed by atoms with Crippen LogP contribution in [0.5, 0.6) is 0 Å². The van der Waals surface area contributed by atoms with Gasteiger partial charge in [0.25, 0.3) is 0 Å². The molecule has 0 aliphatic rings. The maximum absolute atomic E-state index is 11.9. The van der Waals surface area contributed by atoms with Gasteiger partial charge in [-0.15, -0.1) is 0 Å². The van der Waals surface area contributed by atoms with Crippen molar-refractivity contribution in [3.63, 3.8) is 0 Å². The molecule has 5 heteroatoms. The van der Waals surface area contributed by atoms with E-state index in [0.717, 1.165) is 0 Å². The van der Waals surface area contributed by atoms with Gasteiger partial charge < -0.3 is 15.2 Å². The predicted octanol–water partition coefficient (Wildman–Crippen LogP) is 1.74. The zero-order chi connectivity index (χ0) is 14.5. The molecule has 5 nitrogen and oxygen atoms in total. The second kappa shape index (κ2) is 6.33. The minimum atomic E-state index is -1.09. The summed E-state index contributed by atoms with van der Waals surface area (Å²) < 4.78 is 5.15. The zero-order valence-electron chi connectivity index (χ0n) is 11.3. The van der Waals surface area contributed by atoms with E-state index >= 15 is 0 Å². The molecule has 0 fully saturated rings. The largest absolute Gasteiger partial charge is 0.479 e. The lowest BCUT2D eigenvalue weighted by Gasteiger charge is -2.23. The van der Waals surface area contributed by atoms with Crippen LogP contribution in [0.3, 0.4) is 0 Å². The maximum Gasteiger partial charge on any atom is 0.330 e. The number of carbonyl (C=O) groups excluding carboxylic acids is 1. The van der Waals surface area contributed by atoms with Gasteiger partial charge in [-0.05, 0) is 19.4 Å². The zero-order valence-corrected chi connectivity index (χ0v) is 11.3. The van der Waals surface area contributed by atoms with E-state index in [1.807, 2.05) is 0 Å². The van der Waals surface area contributed by atoms with E-state index in [4.69, 9.17) is 4.74 Å². The van der Waals surface area contributed by atoms with Crippen LogP contribution in [-0.2, 0) is 14.3 Å². The van der Waals surface area contributed by atoms with Crippen LogP contribution in [0, 0.1) is 0 Å². The van der Waals surface area contributed by atoms with Crippen LogP contribution in [0.1, 0.15) is 31.9 Å². The van der Waals surface area contributed by atoms with Crippen LogP contribution in [-0.4, -0.2) is 29.7 Å². The molecule has 0 bridgehead atoms. The summed E-state index contributed by atoms with van der Waals surface area (Å²) >= 11 is 0. The van der Waals surface area contributed by atoms with E-state index in [2.05, 4.69) is 5.32 Å². The van der Waals surface area contributed by atoms with Crippen LogP contribution >= 0.6 is 0 Å². The molecule has 0 unspecified atom stereocenters. The fourth-order valence-corrected chi connectivity index (χ4v) is 1.60. The lowest BCUT2D eigenvalue weighted by molar-refractivity contribution is -0.143. The first-order chi connectivity index (χ1) is 8.85. The number of amides is 1. The van der Waals surface area contributed by atoms with Gasteiger partial charge in [-0.1, -0.05) is 30.3 Å². The number of ether oxygens (including phenoxy) is 1. The highest BCUT2D eigenvalue weighted by atomic mass is 16.5. The monoisotopic (exact) mass is 265 g/mol. The summed E-state index contributed by atoms with van der Waals surface area (Å²) in [4.78, 5) is 23.1. The molecule has 0 aliphatic carbocycles. The number of aliphatic carboxylic acids is 1. The molecular weight excluding hydrogens is 246 g/mol. The number of hydrogen-bond donors (Lipinski definition) is 2. The smallest absolute Gasteiger partial charge is 0.330 e. The van der Waals surface area contributed by atoms with Crippen molar-refractivity contribution in [2.45, 2.75) is 31.9 Å². The first-order valence-corrected chi connectivity index (χ1v) is 5.98. The summed E-state index contributed by atoms with van der Waals surface area (Å²) in [5, 5.41) is 11.7. The van der Waals surface area contributed by atoms with Gasteiger partial charge >= 0.3 is 5.97 Å². The molecule has 0 saturated carbocycles. The van der Waals surface area contributed by atoms with E-state index in [1.165, 1.54) is 7.11 Å².